The van der Waals surface area contributed by atoms with Gasteiger partial charge in [0.25, 0.3) is 10.0 Å². The molecule has 2 aromatic rings. The van der Waals surface area contributed by atoms with E-state index >= 15 is 0 Å². The summed E-state index contributed by atoms with van der Waals surface area (Å²) in [6.07, 6.45) is -0.840. The number of nitrogens with zero attached hydrogens (tertiary/aromatic N) is 2. The molecule has 0 bridgehead atoms. The van der Waals surface area contributed by atoms with Crippen LogP contribution in [0.1, 0.15) is 13.8 Å². The molecule has 166 valence electrons. The highest BCUT2D eigenvalue weighted by atomic mass is 32.2. The number of sulfonamides is 1. The summed E-state index contributed by atoms with van der Waals surface area (Å²) in [5, 5.41) is 8.41. The standard InChI is InChI=1S/C20H24FN5O4S/c1-20(2,18(23)25(3)19(24)27)17-11-26(15-10-13(22)6-9-16(15)30-17)31(28,29)14-7-4-12(21)5-8-14/h4-10,17,23H,11,22H2,1-3H3,(H2,24,27). The molecule has 2 aromatic carbocycles. The van der Waals surface area contributed by atoms with Crippen molar-refractivity contribution in [3.05, 3.63) is 48.3 Å². The highest BCUT2D eigenvalue weighted by Crippen LogP contribution is 2.42. The molecule has 1 aliphatic heterocycles. The Morgan fingerprint density at radius 3 is 2.45 bits per heavy atom. The molecule has 3 rings (SSSR count). The number of primary amides is 1. The minimum atomic E-state index is -4.11. The molecule has 1 atom stereocenters. The zero-order chi connectivity index (χ0) is 23.1. The molecule has 9 nitrogen and oxygen atoms in total. The zero-order valence-corrected chi connectivity index (χ0v) is 18.1. The van der Waals surface area contributed by atoms with Gasteiger partial charge in [-0.25, -0.2) is 17.6 Å². The van der Waals surface area contributed by atoms with Crippen LogP contribution in [0.3, 0.4) is 0 Å². The van der Waals surface area contributed by atoms with Crippen molar-refractivity contribution >= 4 is 33.3 Å². The van der Waals surface area contributed by atoms with E-state index in [1.165, 1.54) is 25.2 Å². The number of nitrogens with one attached hydrogen (secondary N) is 1. The normalized spacial score (nSPS) is 16.3. The van der Waals surface area contributed by atoms with E-state index in [-0.39, 0.29) is 28.7 Å². The third-order valence-electron chi connectivity index (χ3n) is 5.34. The molecule has 1 unspecified atom stereocenters. The maximum Gasteiger partial charge on any atom is 0.319 e. The third-order valence-corrected chi connectivity index (χ3v) is 7.13. The van der Waals surface area contributed by atoms with Crippen LogP contribution < -0.4 is 20.5 Å². The molecule has 2 amide bonds. The first-order valence-corrected chi connectivity index (χ1v) is 10.8. The molecule has 0 aromatic heterocycles. The van der Waals surface area contributed by atoms with Crippen LogP contribution in [0.25, 0.3) is 0 Å². The summed E-state index contributed by atoms with van der Waals surface area (Å²) in [5.41, 5.74) is 10.6. The number of carbonyl (C=O) groups excluding carboxylic acids is 1. The summed E-state index contributed by atoms with van der Waals surface area (Å²) in [7, 11) is -2.75. The van der Waals surface area contributed by atoms with Gasteiger partial charge in [-0.3, -0.25) is 14.6 Å². The largest absolute Gasteiger partial charge is 0.485 e. The molecule has 0 fully saturated rings. The number of hydrogen-bond donors (Lipinski definition) is 3. The van der Waals surface area contributed by atoms with Crippen LogP contribution in [0, 0.1) is 16.6 Å². The van der Waals surface area contributed by atoms with Crippen molar-refractivity contribution < 1.29 is 22.3 Å². The predicted molar refractivity (Wildman–Crippen MR) is 115 cm³/mol. The summed E-state index contributed by atoms with van der Waals surface area (Å²) in [6, 6.07) is 8.24. The fourth-order valence-electron chi connectivity index (χ4n) is 3.30. The first-order valence-electron chi connectivity index (χ1n) is 9.32. The number of nitrogen functional groups attached to an aromatic ring is 1. The van der Waals surface area contributed by atoms with Crippen LogP contribution in [-0.4, -0.2) is 44.9 Å². The Morgan fingerprint density at radius 1 is 1.26 bits per heavy atom. The van der Waals surface area contributed by atoms with E-state index in [1.807, 2.05) is 0 Å². The number of fused-ring (bicyclic) bond motifs is 1. The molecular weight excluding hydrogens is 425 g/mol. The molecule has 0 radical (unpaired) electrons. The lowest BCUT2D eigenvalue weighted by Crippen LogP contribution is -2.56. The Bertz CT molecular complexity index is 1130. The number of carbonyl (C=O) groups is 1. The van der Waals surface area contributed by atoms with Crippen molar-refractivity contribution in [1.82, 2.24) is 4.90 Å². The van der Waals surface area contributed by atoms with E-state index < -0.39 is 33.4 Å². The van der Waals surface area contributed by atoms with Gasteiger partial charge >= 0.3 is 6.03 Å². The van der Waals surface area contributed by atoms with Gasteiger partial charge in [0.1, 0.15) is 23.5 Å². The molecule has 5 N–H and O–H groups in total. The lowest BCUT2D eigenvalue weighted by molar-refractivity contribution is 0.112. The second-order valence-corrected chi connectivity index (χ2v) is 9.65. The summed E-state index contributed by atoms with van der Waals surface area (Å²) in [5.74, 6) is -0.450. The second-order valence-electron chi connectivity index (χ2n) is 7.79. The van der Waals surface area contributed by atoms with E-state index in [0.717, 1.165) is 21.3 Å². The number of amidine groups is 1. The number of anilines is 2. The number of halogens is 1. The van der Waals surface area contributed by atoms with Crippen LogP contribution in [-0.2, 0) is 10.0 Å². The summed E-state index contributed by atoms with van der Waals surface area (Å²) in [4.78, 5) is 12.4. The lowest BCUT2D eigenvalue weighted by atomic mass is 9.83. The Hall–Kier alpha value is -3.34. The van der Waals surface area contributed by atoms with Gasteiger partial charge in [-0.05, 0) is 56.3 Å². The molecule has 0 saturated heterocycles. The number of nitrogens with two attached hydrogens (primary N) is 2. The summed E-state index contributed by atoms with van der Waals surface area (Å²) >= 11 is 0. The molecule has 1 heterocycles. The fourth-order valence-corrected chi connectivity index (χ4v) is 4.77. The summed E-state index contributed by atoms with van der Waals surface area (Å²) < 4.78 is 47.4. The smallest absolute Gasteiger partial charge is 0.319 e. The first kappa shape index (κ1) is 22.3. The highest BCUT2D eigenvalue weighted by molar-refractivity contribution is 7.92. The second kappa shape index (κ2) is 7.73. The van der Waals surface area contributed by atoms with Gasteiger partial charge in [0.2, 0.25) is 0 Å². The fraction of sp³-hybridized carbons (Fsp3) is 0.300. The van der Waals surface area contributed by atoms with E-state index in [2.05, 4.69) is 0 Å². The summed E-state index contributed by atoms with van der Waals surface area (Å²) in [6.45, 7) is 3.15. The Kier molecular flexibility index (Phi) is 5.57. The highest BCUT2D eigenvalue weighted by Gasteiger charge is 2.45. The monoisotopic (exact) mass is 449 g/mol. The molecule has 0 saturated carbocycles. The number of urea groups is 1. The van der Waals surface area contributed by atoms with Crippen molar-refractivity contribution in [3.63, 3.8) is 0 Å². The molecule has 0 aliphatic carbocycles. The Labute approximate surface area is 179 Å². The number of benzene rings is 2. The maximum atomic E-state index is 13.4. The van der Waals surface area contributed by atoms with Crippen molar-refractivity contribution in [1.29, 1.82) is 5.41 Å². The number of amides is 2. The minimum Gasteiger partial charge on any atom is -0.485 e. The number of hydrogen-bond acceptors (Lipinski definition) is 6. The van der Waals surface area contributed by atoms with Crippen LogP contribution in [0.2, 0.25) is 0 Å². The first-order chi connectivity index (χ1) is 14.4. The third kappa shape index (κ3) is 4.00. The van der Waals surface area contributed by atoms with Gasteiger partial charge in [-0.1, -0.05) is 0 Å². The van der Waals surface area contributed by atoms with Crippen molar-refractivity contribution in [3.8, 4) is 5.75 Å². The van der Waals surface area contributed by atoms with Gasteiger partial charge in [-0.15, -0.1) is 0 Å². The molecule has 11 heteroatoms. The predicted octanol–water partition coefficient (Wildman–Crippen LogP) is 2.38. The maximum absolute atomic E-state index is 13.4. The minimum absolute atomic E-state index is 0.106. The van der Waals surface area contributed by atoms with E-state index in [4.69, 9.17) is 21.6 Å². The van der Waals surface area contributed by atoms with Crippen molar-refractivity contribution in [2.45, 2.75) is 24.8 Å². The van der Waals surface area contributed by atoms with Crippen LogP contribution in [0.15, 0.2) is 47.4 Å². The molecular formula is C20H24FN5O4S. The number of rotatable bonds is 4. The van der Waals surface area contributed by atoms with Crippen LogP contribution in [0.4, 0.5) is 20.6 Å². The number of ether oxygens (including phenoxy) is 1. The topological polar surface area (TPSA) is 143 Å². The van der Waals surface area contributed by atoms with Crippen molar-refractivity contribution in [2.75, 3.05) is 23.6 Å². The average Bonchev–Trinajstić information content (AvgIpc) is 2.71. The lowest BCUT2D eigenvalue weighted by Gasteiger charge is -2.43. The van der Waals surface area contributed by atoms with Gasteiger partial charge in [0.15, 0.2) is 0 Å². The van der Waals surface area contributed by atoms with E-state index in [0.29, 0.717) is 5.69 Å². The van der Waals surface area contributed by atoms with E-state index in [1.54, 1.807) is 26.0 Å². The molecule has 0 spiro atoms. The Balaban J connectivity index is 2.09. The van der Waals surface area contributed by atoms with Gasteiger partial charge < -0.3 is 16.2 Å². The van der Waals surface area contributed by atoms with E-state index in [9.17, 15) is 17.6 Å². The zero-order valence-electron chi connectivity index (χ0n) is 17.3. The van der Waals surface area contributed by atoms with Gasteiger partial charge in [0.05, 0.1) is 22.5 Å². The molecule has 1 aliphatic rings. The molecule has 31 heavy (non-hydrogen) atoms. The van der Waals surface area contributed by atoms with Crippen molar-refractivity contribution in [2.24, 2.45) is 11.1 Å². The van der Waals surface area contributed by atoms with Gasteiger partial charge in [-0.2, -0.15) is 0 Å². The SMILES string of the molecule is CN(C(=N)C(C)(C)C1CN(S(=O)(=O)c2ccc(F)cc2)c2cc(N)ccc2O1)C(N)=O. The average molecular weight is 450 g/mol. The Morgan fingerprint density at radius 2 is 1.87 bits per heavy atom. The van der Waals surface area contributed by atoms with Crippen LogP contribution >= 0.6 is 0 Å². The van der Waals surface area contributed by atoms with Crippen LogP contribution in [0.5, 0.6) is 5.75 Å². The van der Waals surface area contributed by atoms with Gasteiger partial charge in [0, 0.05) is 12.7 Å². The quantitative estimate of drug-likeness (QED) is 0.373.